The monoisotopic (exact) mass is 232 g/mol. The summed E-state index contributed by atoms with van der Waals surface area (Å²) in [5.41, 5.74) is 3.43. The van der Waals surface area contributed by atoms with Gasteiger partial charge in [0.2, 0.25) is 0 Å². The van der Waals surface area contributed by atoms with Crippen molar-refractivity contribution in [1.29, 1.82) is 0 Å². The van der Waals surface area contributed by atoms with Gasteiger partial charge in [-0.1, -0.05) is 6.07 Å². The van der Waals surface area contributed by atoms with Crippen molar-refractivity contribution in [3.8, 4) is 5.75 Å². The highest BCUT2D eigenvalue weighted by Gasteiger charge is 2.17. The van der Waals surface area contributed by atoms with E-state index in [1.54, 1.807) is 13.2 Å². The fraction of sp³-hybridized carbons (Fsp3) is 0.357. The zero-order valence-corrected chi connectivity index (χ0v) is 10.2. The Labute approximate surface area is 101 Å². The first-order valence-electron chi connectivity index (χ1n) is 5.79. The van der Waals surface area contributed by atoms with Gasteiger partial charge in [-0.2, -0.15) is 0 Å². The number of allylic oxidation sites excluding steroid dienone is 1. The van der Waals surface area contributed by atoms with Crippen LogP contribution in [-0.4, -0.2) is 19.7 Å². The molecule has 0 unspecified atom stereocenters. The summed E-state index contributed by atoms with van der Waals surface area (Å²) in [5.74, 6) is 0.604. The van der Waals surface area contributed by atoms with Crippen LogP contribution in [0.25, 0.3) is 5.57 Å². The number of esters is 1. The SMILES string of the molecule is CCOC(=O)/C=C1/CCc2cc(OC)ccc21. The zero-order chi connectivity index (χ0) is 12.3. The molecule has 0 aromatic heterocycles. The Morgan fingerprint density at radius 3 is 2.94 bits per heavy atom. The Morgan fingerprint density at radius 2 is 2.24 bits per heavy atom. The van der Waals surface area contributed by atoms with E-state index in [1.165, 1.54) is 5.56 Å². The molecule has 0 saturated heterocycles. The quantitative estimate of drug-likeness (QED) is 0.593. The molecule has 0 saturated carbocycles. The zero-order valence-electron chi connectivity index (χ0n) is 10.2. The summed E-state index contributed by atoms with van der Waals surface area (Å²) < 4.78 is 10.1. The lowest BCUT2D eigenvalue weighted by molar-refractivity contribution is -0.137. The van der Waals surface area contributed by atoms with Crippen LogP contribution in [0, 0.1) is 0 Å². The van der Waals surface area contributed by atoms with Crippen LogP contribution in [0.1, 0.15) is 24.5 Å². The van der Waals surface area contributed by atoms with Crippen molar-refractivity contribution in [2.75, 3.05) is 13.7 Å². The molecule has 90 valence electrons. The summed E-state index contributed by atoms with van der Waals surface area (Å²) in [7, 11) is 1.66. The molecule has 0 bridgehead atoms. The van der Waals surface area contributed by atoms with Gasteiger partial charge in [-0.25, -0.2) is 4.79 Å². The molecule has 0 N–H and O–H groups in total. The number of benzene rings is 1. The minimum atomic E-state index is -0.258. The molecule has 0 spiro atoms. The molecule has 0 fully saturated rings. The number of fused-ring (bicyclic) bond motifs is 1. The van der Waals surface area contributed by atoms with E-state index in [4.69, 9.17) is 9.47 Å². The number of aryl methyl sites for hydroxylation is 1. The van der Waals surface area contributed by atoms with Crippen LogP contribution < -0.4 is 4.74 Å². The molecule has 3 nitrogen and oxygen atoms in total. The maximum atomic E-state index is 11.4. The molecule has 0 amide bonds. The largest absolute Gasteiger partial charge is 0.497 e. The standard InChI is InChI=1S/C14H16O3/c1-3-17-14(15)9-11-5-4-10-8-12(16-2)6-7-13(10)11/h6-9H,3-5H2,1-2H3/b11-9-. The maximum Gasteiger partial charge on any atom is 0.331 e. The van der Waals surface area contributed by atoms with Gasteiger partial charge in [-0.15, -0.1) is 0 Å². The molecule has 3 heteroatoms. The molecule has 0 heterocycles. The predicted molar refractivity (Wildman–Crippen MR) is 65.9 cm³/mol. The first kappa shape index (κ1) is 11.7. The van der Waals surface area contributed by atoms with E-state index in [-0.39, 0.29) is 5.97 Å². The third kappa shape index (κ3) is 2.49. The molecule has 1 aliphatic rings. The number of hydrogen-bond acceptors (Lipinski definition) is 3. The topological polar surface area (TPSA) is 35.5 Å². The Hall–Kier alpha value is -1.77. The lowest BCUT2D eigenvalue weighted by Crippen LogP contribution is -2.00. The first-order valence-corrected chi connectivity index (χ1v) is 5.79. The summed E-state index contributed by atoms with van der Waals surface area (Å²) in [5, 5.41) is 0. The number of hydrogen-bond donors (Lipinski definition) is 0. The van der Waals surface area contributed by atoms with E-state index in [1.807, 2.05) is 25.1 Å². The molecule has 17 heavy (non-hydrogen) atoms. The molecule has 2 rings (SSSR count). The summed E-state index contributed by atoms with van der Waals surface area (Å²) in [6.45, 7) is 2.22. The van der Waals surface area contributed by atoms with Gasteiger partial charge >= 0.3 is 5.97 Å². The molecule has 0 aliphatic heterocycles. The average molecular weight is 232 g/mol. The second-order valence-corrected chi connectivity index (χ2v) is 3.94. The van der Waals surface area contributed by atoms with E-state index >= 15 is 0 Å². The molecule has 0 atom stereocenters. The smallest absolute Gasteiger partial charge is 0.331 e. The van der Waals surface area contributed by atoms with Crippen LogP contribution in [0.3, 0.4) is 0 Å². The molecule has 1 aromatic rings. The predicted octanol–water partition coefficient (Wildman–Crippen LogP) is 2.59. The number of methoxy groups -OCH3 is 1. The highest BCUT2D eigenvalue weighted by molar-refractivity contribution is 5.93. The molecular formula is C14H16O3. The third-order valence-corrected chi connectivity index (χ3v) is 2.90. The highest BCUT2D eigenvalue weighted by atomic mass is 16.5. The molecule has 0 radical (unpaired) electrons. The number of ether oxygens (including phenoxy) is 2. The normalized spacial score (nSPS) is 15.8. The van der Waals surface area contributed by atoms with E-state index in [2.05, 4.69) is 0 Å². The number of carbonyl (C=O) groups excluding carboxylic acids is 1. The molecular weight excluding hydrogens is 216 g/mol. The number of rotatable bonds is 3. The van der Waals surface area contributed by atoms with Gasteiger partial charge in [-0.3, -0.25) is 0 Å². The van der Waals surface area contributed by atoms with Gasteiger partial charge in [0.25, 0.3) is 0 Å². The lowest BCUT2D eigenvalue weighted by atomic mass is 10.1. The van der Waals surface area contributed by atoms with Gasteiger partial charge in [0, 0.05) is 6.08 Å². The van der Waals surface area contributed by atoms with Gasteiger partial charge in [-0.05, 0) is 48.6 Å². The fourth-order valence-electron chi connectivity index (χ4n) is 2.10. The third-order valence-electron chi connectivity index (χ3n) is 2.90. The van der Waals surface area contributed by atoms with E-state index < -0.39 is 0 Å². The minimum absolute atomic E-state index is 0.258. The van der Waals surface area contributed by atoms with Crippen LogP contribution in [0.15, 0.2) is 24.3 Å². The van der Waals surface area contributed by atoms with Crippen LogP contribution in [0.5, 0.6) is 5.75 Å². The Kier molecular flexibility index (Phi) is 3.47. The van der Waals surface area contributed by atoms with Crippen molar-refractivity contribution in [3.05, 3.63) is 35.4 Å². The maximum absolute atomic E-state index is 11.4. The second kappa shape index (κ2) is 5.04. The van der Waals surface area contributed by atoms with Crippen LogP contribution in [0.4, 0.5) is 0 Å². The van der Waals surface area contributed by atoms with Crippen molar-refractivity contribution in [1.82, 2.24) is 0 Å². The fourth-order valence-corrected chi connectivity index (χ4v) is 2.10. The Morgan fingerprint density at radius 1 is 1.41 bits per heavy atom. The van der Waals surface area contributed by atoms with Gasteiger partial charge in [0.05, 0.1) is 13.7 Å². The van der Waals surface area contributed by atoms with Crippen molar-refractivity contribution in [3.63, 3.8) is 0 Å². The Bertz CT molecular complexity index is 461. The van der Waals surface area contributed by atoms with Crippen molar-refractivity contribution < 1.29 is 14.3 Å². The van der Waals surface area contributed by atoms with Crippen LogP contribution in [-0.2, 0) is 16.0 Å². The first-order chi connectivity index (χ1) is 8.24. The molecule has 1 aromatic carbocycles. The van der Waals surface area contributed by atoms with Gasteiger partial charge in [0.1, 0.15) is 5.75 Å². The average Bonchev–Trinajstić information content (AvgIpc) is 2.72. The number of carbonyl (C=O) groups is 1. The van der Waals surface area contributed by atoms with E-state index in [9.17, 15) is 4.79 Å². The summed E-state index contributed by atoms with van der Waals surface area (Å²) in [6.07, 6.45) is 3.45. The van der Waals surface area contributed by atoms with Crippen molar-refractivity contribution in [2.24, 2.45) is 0 Å². The second-order valence-electron chi connectivity index (χ2n) is 3.94. The Balaban J connectivity index is 2.25. The van der Waals surface area contributed by atoms with Gasteiger partial charge in [0.15, 0.2) is 0 Å². The lowest BCUT2D eigenvalue weighted by Gasteiger charge is -2.04. The van der Waals surface area contributed by atoms with E-state index in [0.717, 1.165) is 29.7 Å². The van der Waals surface area contributed by atoms with Crippen LogP contribution >= 0.6 is 0 Å². The summed E-state index contributed by atoms with van der Waals surface area (Å²) in [6, 6.07) is 5.96. The summed E-state index contributed by atoms with van der Waals surface area (Å²) >= 11 is 0. The van der Waals surface area contributed by atoms with E-state index in [0.29, 0.717) is 6.61 Å². The highest BCUT2D eigenvalue weighted by Crippen LogP contribution is 2.34. The molecule has 1 aliphatic carbocycles. The van der Waals surface area contributed by atoms with Crippen molar-refractivity contribution in [2.45, 2.75) is 19.8 Å². The summed E-state index contributed by atoms with van der Waals surface area (Å²) in [4.78, 5) is 11.4. The van der Waals surface area contributed by atoms with Gasteiger partial charge < -0.3 is 9.47 Å². The minimum Gasteiger partial charge on any atom is -0.497 e. The van der Waals surface area contributed by atoms with Crippen LogP contribution in [0.2, 0.25) is 0 Å². The van der Waals surface area contributed by atoms with Crippen molar-refractivity contribution >= 4 is 11.5 Å².